The molecule has 1 rings (SSSR count). The summed E-state index contributed by atoms with van der Waals surface area (Å²) in [6, 6.07) is 3.51. The van der Waals surface area contributed by atoms with E-state index in [9.17, 15) is 9.59 Å². The van der Waals surface area contributed by atoms with Crippen LogP contribution in [0.5, 0.6) is 0 Å². The van der Waals surface area contributed by atoms with Crippen LogP contribution in [0.25, 0.3) is 0 Å². The van der Waals surface area contributed by atoms with Crippen LogP contribution in [0, 0.1) is 0 Å². The minimum absolute atomic E-state index is 0.310. The van der Waals surface area contributed by atoms with Crippen LogP contribution in [0.4, 0.5) is 11.5 Å². The van der Waals surface area contributed by atoms with E-state index in [4.69, 9.17) is 11.5 Å². The fourth-order valence-corrected chi connectivity index (χ4v) is 1.16. The summed E-state index contributed by atoms with van der Waals surface area (Å²) in [5.74, 6) is -1.05. The van der Waals surface area contributed by atoms with Crippen LogP contribution in [-0.4, -0.2) is 36.9 Å². The highest BCUT2D eigenvalue weighted by Gasteiger charge is 2.08. The van der Waals surface area contributed by atoms with Gasteiger partial charge in [0.15, 0.2) is 0 Å². The molecule has 7 heteroatoms. The smallest absolute Gasteiger partial charge is 0.309 e. The molecule has 0 spiro atoms. The van der Waals surface area contributed by atoms with E-state index in [0.717, 1.165) is 5.82 Å². The number of pyridine rings is 1. The Morgan fingerprint density at radius 2 is 2.18 bits per heavy atom. The van der Waals surface area contributed by atoms with Crippen LogP contribution in [0.15, 0.2) is 18.3 Å². The van der Waals surface area contributed by atoms with Crippen molar-refractivity contribution in [2.45, 2.75) is 0 Å². The third-order valence-electron chi connectivity index (χ3n) is 2.12. The van der Waals surface area contributed by atoms with E-state index in [2.05, 4.69) is 10.3 Å². The molecule has 0 aliphatic heterocycles. The Hall–Kier alpha value is -2.31. The molecule has 0 saturated heterocycles. The van der Waals surface area contributed by atoms with Crippen molar-refractivity contribution in [3.05, 3.63) is 18.3 Å². The van der Waals surface area contributed by atoms with Crippen molar-refractivity contribution < 1.29 is 9.59 Å². The second-order valence-corrected chi connectivity index (χ2v) is 3.49. The van der Waals surface area contributed by atoms with Gasteiger partial charge in [0.1, 0.15) is 5.82 Å². The maximum atomic E-state index is 10.9. The molecule has 1 aromatic rings. The lowest BCUT2D eigenvalue weighted by Crippen LogP contribution is -2.40. The summed E-state index contributed by atoms with van der Waals surface area (Å²) in [5, 5.41) is 2.39. The molecule has 0 fully saturated rings. The lowest BCUT2D eigenvalue weighted by Gasteiger charge is -2.17. The first-order valence-electron chi connectivity index (χ1n) is 5.01. The van der Waals surface area contributed by atoms with E-state index in [1.165, 1.54) is 0 Å². The van der Waals surface area contributed by atoms with Gasteiger partial charge in [-0.15, -0.1) is 0 Å². The lowest BCUT2D eigenvalue weighted by atomic mass is 10.4. The van der Waals surface area contributed by atoms with Crippen LogP contribution in [0.3, 0.4) is 0 Å². The highest BCUT2D eigenvalue weighted by atomic mass is 16.2. The van der Waals surface area contributed by atoms with Gasteiger partial charge in [-0.3, -0.25) is 9.59 Å². The standard InChI is InChI=1S/C10H15N5O2/c1-15(5-4-13-10(17)9(12)16)8-3-2-7(11)6-14-8/h2-3,6H,4-5,11H2,1H3,(H2,12,16)(H,13,17). The number of carbonyl (C=O) groups is 2. The van der Waals surface area contributed by atoms with Gasteiger partial charge in [0.05, 0.1) is 11.9 Å². The first-order valence-corrected chi connectivity index (χ1v) is 5.01. The molecular formula is C10H15N5O2. The average molecular weight is 237 g/mol. The number of likely N-dealkylation sites (N-methyl/N-ethyl adjacent to an activating group) is 1. The highest BCUT2D eigenvalue weighted by Crippen LogP contribution is 2.09. The second kappa shape index (κ2) is 5.69. The maximum Gasteiger partial charge on any atom is 0.309 e. The molecule has 0 radical (unpaired) electrons. The Labute approximate surface area is 98.8 Å². The SMILES string of the molecule is CN(CCNC(=O)C(N)=O)c1ccc(N)cn1. The molecule has 0 bridgehead atoms. The van der Waals surface area contributed by atoms with Gasteiger partial charge in [0, 0.05) is 20.1 Å². The van der Waals surface area contributed by atoms with Crippen molar-refractivity contribution in [2.24, 2.45) is 5.73 Å². The van der Waals surface area contributed by atoms with Gasteiger partial charge >= 0.3 is 11.8 Å². The molecule has 1 heterocycles. The third kappa shape index (κ3) is 3.98. The molecule has 1 aromatic heterocycles. The van der Waals surface area contributed by atoms with Crippen molar-refractivity contribution in [1.82, 2.24) is 10.3 Å². The first-order chi connectivity index (χ1) is 8.00. The Bertz CT molecular complexity index is 404. The molecule has 2 amide bonds. The molecule has 7 nitrogen and oxygen atoms in total. The van der Waals surface area contributed by atoms with Crippen LogP contribution in [0.1, 0.15) is 0 Å². The van der Waals surface area contributed by atoms with E-state index in [1.54, 1.807) is 18.3 Å². The number of rotatable bonds is 4. The number of anilines is 2. The summed E-state index contributed by atoms with van der Waals surface area (Å²) in [7, 11) is 1.81. The number of amides is 2. The number of hydrogen-bond acceptors (Lipinski definition) is 5. The summed E-state index contributed by atoms with van der Waals surface area (Å²) < 4.78 is 0. The fraction of sp³-hybridized carbons (Fsp3) is 0.300. The van der Waals surface area contributed by atoms with Crippen LogP contribution >= 0.6 is 0 Å². The molecule has 0 unspecified atom stereocenters. The average Bonchev–Trinajstić information content (AvgIpc) is 2.29. The van der Waals surface area contributed by atoms with Crippen LogP contribution < -0.4 is 21.7 Å². The van der Waals surface area contributed by atoms with E-state index >= 15 is 0 Å². The van der Waals surface area contributed by atoms with Gasteiger partial charge in [-0.25, -0.2) is 4.98 Å². The normalized spacial score (nSPS) is 9.71. The highest BCUT2D eigenvalue weighted by molar-refractivity contribution is 6.34. The summed E-state index contributed by atoms with van der Waals surface area (Å²) in [5.41, 5.74) is 10.9. The van der Waals surface area contributed by atoms with Gasteiger partial charge in [-0.05, 0) is 12.1 Å². The van der Waals surface area contributed by atoms with E-state index < -0.39 is 11.8 Å². The largest absolute Gasteiger partial charge is 0.397 e. The zero-order valence-corrected chi connectivity index (χ0v) is 9.51. The minimum atomic E-state index is -0.988. The third-order valence-corrected chi connectivity index (χ3v) is 2.12. The number of nitrogen functional groups attached to an aromatic ring is 1. The van der Waals surface area contributed by atoms with Crippen molar-refractivity contribution in [3.8, 4) is 0 Å². The number of nitrogens with two attached hydrogens (primary N) is 2. The molecule has 0 aromatic carbocycles. The van der Waals surface area contributed by atoms with Gasteiger partial charge in [0.2, 0.25) is 0 Å². The summed E-state index contributed by atoms with van der Waals surface area (Å²) in [6.45, 7) is 0.820. The molecule has 92 valence electrons. The predicted octanol–water partition coefficient (Wildman–Crippen LogP) is -1.30. The van der Waals surface area contributed by atoms with Crippen molar-refractivity contribution in [3.63, 3.8) is 0 Å². The maximum absolute atomic E-state index is 10.9. The van der Waals surface area contributed by atoms with Crippen molar-refractivity contribution in [1.29, 1.82) is 0 Å². The Morgan fingerprint density at radius 3 is 2.71 bits per heavy atom. The number of hydrogen-bond donors (Lipinski definition) is 3. The summed E-state index contributed by atoms with van der Waals surface area (Å²) in [4.78, 5) is 27.2. The van der Waals surface area contributed by atoms with Gasteiger partial charge in [-0.2, -0.15) is 0 Å². The van der Waals surface area contributed by atoms with Crippen molar-refractivity contribution in [2.75, 3.05) is 30.8 Å². The van der Waals surface area contributed by atoms with Gasteiger partial charge < -0.3 is 21.7 Å². The predicted molar refractivity (Wildman–Crippen MR) is 64.1 cm³/mol. The number of primary amides is 1. The number of nitrogens with zero attached hydrogens (tertiary/aromatic N) is 2. The lowest BCUT2D eigenvalue weighted by molar-refractivity contribution is -0.137. The van der Waals surface area contributed by atoms with E-state index in [-0.39, 0.29) is 0 Å². The topological polar surface area (TPSA) is 114 Å². The molecule has 17 heavy (non-hydrogen) atoms. The summed E-state index contributed by atoms with van der Waals surface area (Å²) >= 11 is 0. The first kappa shape index (κ1) is 12.8. The Morgan fingerprint density at radius 1 is 1.47 bits per heavy atom. The van der Waals surface area contributed by atoms with E-state index in [1.807, 2.05) is 11.9 Å². The fourth-order valence-electron chi connectivity index (χ4n) is 1.16. The molecule has 0 saturated carbocycles. The zero-order valence-electron chi connectivity index (χ0n) is 9.51. The van der Waals surface area contributed by atoms with Crippen LogP contribution in [-0.2, 0) is 9.59 Å². The Kier molecular flexibility index (Phi) is 4.27. The number of carbonyl (C=O) groups excluding carboxylic acids is 2. The second-order valence-electron chi connectivity index (χ2n) is 3.49. The van der Waals surface area contributed by atoms with Crippen molar-refractivity contribution >= 4 is 23.3 Å². The molecule has 0 atom stereocenters. The molecular weight excluding hydrogens is 222 g/mol. The van der Waals surface area contributed by atoms with Gasteiger partial charge in [-0.1, -0.05) is 0 Å². The molecule has 0 aliphatic rings. The molecule has 0 aliphatic carbocycles. The molecule has 5 N–H and O–H groups in total. The van der Waals surface area contributed by atoms with E-state index in [0.29, 0.717) is 18.8 Å². The number of aromatic nitrogens is 1. The zero-order chi connectivity index (χ0) is 12.8. The van der Waals surface area contributed by atoms with Crippen LogP contribution in [0.2, 0.25) is 0 Å². The minimum Gasteiger partial charge on any atom is -0.397 e. The quantitative estimate of drug-likeness (QED) is 0.563. The summed E-state index contributed by atoms with van der Waals surface area (Å²) in [6.07, 6.45) is 1.55. The monoisotopic (exact) mass is 237 g/mol. The van der Waals surface area contributed by atoms with Gasteiger partial charge in [0.25, 0.3) is 0 Å². The Balaban J connectivity index is 2.40. The number of nitrogens with one attached hydrogen (secondary N) is 1.